The van der Waals surface area contributed by atoms with Gasteiger partial charge in [-0.2, -0.15) is 0 Å². The van der Waals surface area contributed by atoms with Crippen LogP contribution >= 0.6 is 11.6 Å². The van der Waals surface area contributed by atoms with Crippen LogP contribution in [-0.4, -0.2) is 22.3 Å². The van der Waals surface area contributed by atoms with Gasteiger partial charge in [0, 0.05) is 23.3 Å². The van der Waals surface area contributed by atoms with Crippen molar-refractivity contribution < 1.29 is 24.0 Å². The molecule has 0 bridgehead atoms. The van der Waals surface area contributed by atoms with E-state index in [9.17, 15) is 24.1 Å². The molecule has 6 nitrogen and oxygen atoms in total. The van der Waals surface area contributed by atoms with E-state index in [1.54, 1.807) is 0 Å². The lowest BCUT2D eigenvalue weighted by Gasteiger charge is -2.10. The van der Waals surface area contributed by atoms with E-state index < -0.39 is 22.3 Å². The van der Waals surface area contributed by atoms with E-state index in [0.717, 1.165) is 18.2 Å². The Labute approximate surface area is 127 Å². The predicted molar refractivity (Wildman–Crippen MR) is 75.8 cm³/mol. The van der Waals surface area contributed by atoms with Crippen LogP contribution in [0.5, 0.6) is 0 Å². The van der Waals surface area contributed by atoms with Gasteiger partial charge in [-0.15, -0.1) is 0 Å². The molecular weight excluding hydrogens is 317 g/mol. The van der Waals surface area contributed by atoms with Gasteiger partial charge in [-0.1, -0.05) is 11.6 Å². The van der Waals surface area contributed by atoms with E-state index >= 15 is 0 Å². The molecule has 0 saturated heterocycles. The summed E-state index contributed by atoms with van der Waals surface area (Å²) >= 11 is 5.90. The zero-order chi connectivity index (χ0) is 16.4. The summed E-state index contributed by atoms with van der Waals surface area (Å²) in [5, 5.41) is 19.3. The van der Waals surface area contributed by atoms with Crippen LogP contribution in [0.15, 0.2) is 30.3 Å². The van der Waals surface area contributed by atoms with Crippen LogP contribution in [0.25, 0.3) is 11.1 Å². The monoisotopic (exact) mass is 323 g/mol. The molecule has 8 heteroatoms. The van der Waals surface area contributed by atoms with Gasteiger partial charge >= 0.3 is 5.97 Å². The number of aromatic carboxylic acids is 1. The number of halogens is 2. The molecule has 0 spiro atoms. The third kappa shape index (κ3) is 2.66. The molecule has 2 aromatic carbocycles. The van der Waals surface area contributed by atoms with Crippen molar-refractivity contribution in [2.45, 2.75) is 0 Å². The first-order valence-electron chi connectivity index (χ1n) is 5.82. The fraction of sp³-hybridized carbons (Fsp3) is 0. The summed E-state index contributed by atoms with van der Waals surface area (Å²) in [5.41, 5.74) is -0.818. The number of carboxylic acid groups (broad SMARTS) is 1. The second-order valence-corrected chi connectivity index (χ2v) is 4.61. The molecule has 112 valence electrons. The maximum Gasteiger partial charge on any atom is 0.340 e. The zero-order valence-corrected chi connectivity index (χ0v) is 11.5. The zero-order valence-electron chi connectivity index (χ0n) is 10.7. The van der Waals surface area contributed by atoms with Gasteiger partial charge in [0.1, 0.15) is 11.4 Å². The number of nitro benzene ring substituents is 1. The van der Waals surface area contributed by atoms with Crippen molar-refractivity contribution in [2.75, 3.05) is 0 Å². The smallest absolute Gasteiger partial charge is 0.340 e. The first-order valence-corrected chi connectivity index (χ1v) is 6.20. The van der Waals surface area contributed by atoms with Crippen LogP contribution in [0, 0.1) is 15.9 Å². The fourth-order valence-corrected chi connectivity index (χ4v) is 2.30. The van der Waals surface area contributed by atoms with Crippen LogP contribution in [0.3, 0.4) is 0 Å². The Morgan fingerprint density at radius 3 is 2.45 bits per heavy atom. The number of carbonyl (C=O) groups is 2. The van der Waals surface area contributed by atoms with Crippen molar-refractivity contribution in [1.82, 2.24) is 0 Å². The SMILES string of the molecule is O=Cc1cc([N+](=O)[O-])ccc1-c1ccc(F)c(C(=O)O)c1Cl. The molecule has 0 amide bonds. The van der Waals surface area contributed by atoms with E-state index in [2.05, 4.69) is 0 Å². The maximum atomic E-state index is 13.5. The predicted octanol–water partition coefficient (Wildman–Crippen LogP) is 3.57. The Morgan fingerprint density at radius 2 is 1.91 bits per heavy atom. The molecule has 0 aliphatic carbocycles. The van der Waals surface area contributed by atoms with Crippen molar-refractivity contribution >= 4 is 29.5 Å². The third-order valence-corrected chi connectivity index (χ3v) is 3.36. The quantitative estimate of drug-likeness (QED) is 0.527. The van der Waals surface area contributed by atoms with Gasteiger partial charge in [-0.3, -0.25) is 14.9 Å². The standard InChI is InChI=1S/C14H7ClFNO5/c15-13-10(3-4-11(16)12(13)14(19)20)9-2-1-8(17(21)22)5-7(9)6-18/h1-6H,(H,19,20). The van der Waals surface area contributed by atoms with Crippen molar-refractivity contribution in [3.05, 3.63) is 62.4 Å². The molecule has 0 fully saturated rings. The van der Waals surface area contributed by atoms with Crippen LogP contribution < -0.4 is 0 Å². The molecule has 1 N–H and O–H groups in total. The normalized spacial score (nSPS) is 10.3. The second-order valence-electron chi connectivity index (χ2n) is 4.24. The number of non-ortho nitro benzene ring substituents is 1. The van der Waals surface area contributed by atoms with Crippen LogP contribution in [0.1, 0.15) is 20.7 Å². The van der Waals surface area contributed by atoms with Gasteiger partial charge < -0.3 is 5.11 Å². The van der Waals surface area contributed by atoms with Gasteiger partial charge in [0.25, 0.3) is 5.69 Å². The van der Waals surface area contributed by atoms with Crippen molar-refractivity contribution in [3.63, 3.8) is 0 Å². The summed E-state index contributed by atoms with van der Waals surface area (Å²) < 4.78 is 13.5. The Bertz CT molecular complexity index is 806. The van der Waals surface area contributed by atoms with E-state index in [-0.39, 0.29) is 27.4 Å². The Kier molecular flexibility index (Phi) is 4.18. The van der Waals surface area contributed by atoms with Gasteiger partial charge in [0.15, 0.2) is 6.29 Å². The highest BCUT2D eigenvalue weighted by atomic mass is 35.5. The summed E-state index contributed by atoms with van der Waals surface area (Å²) in [6.45, 7) is 0. The minimum atomic E-state index is -1.56. The molecule has 0 saturated carbocycles. The number of rotatable bonds is 4. The van der Waals surface area contributed by atoms with E-state index in [4.69, 9.17) is 16.7 Å². The number of nitrogens with zero attached hydrogens (tertiary/aromatic N) is 1. The third-order valence-electron chi connectivity index (χ3n) is 2.97. The number of aldehydes is 1. The van der Waals surface area contributed by atoms with Gasteiger partial charge in [-0.25, -0.2) is 9.18 Å². The molecule has 22 heavy (non-hydrogen) atoms. The van der Waals surface area contributed by atoms with Crippen LogP contribution in [0.4, 0.5) is 10.1 Å². The molecule has 2 aromatic rings. The highest BCUT2D eigenvalue weighted by molar-refractivity contribution is 6.36. The van der Waals surface area contributed by atoms with E-state index in [1.807, 2.05) is 0 Å². The molecule has 0 aliphatic rings. The first-order chi connectivity index (χ1) is 10.4. The van der Waals surface area contributed by atoms with Crippen LogP contribution in [0.2, 0.25) is 5.02 Å². The molecule has 0 unspecified atom stereocenters. The molecular formula is C14H7ClFNO5. The largest absolute Gasteiger partial charge is 0.478 e. The van der Waals surface area contributed by atoms with Crippen LogP contribution in [-0.2, 0) is 0 Å². The fourth-order valence-electron chi connectivity index (χ4n) is 1.96. The molecule has 2 rings (SSSR count). The van der Waals surface area contributed by atoms with Crippen molar-refractivity contribution in [2.24, 2.45) is 0 Å². The number of hydrogen-bond acceptors (Lipinski definition) is 4. The highest BCUT2D eigenvalue weighted by Crippen LogP contribution is 2.35. The van der Waals surface area contributed by atoms with E-state index in [0.29, 0.717) is 6.29 Å². The number of carbonyl (C=O) groups excluding carboxylic acids is 1. The molecule has 0 aromatic heterocycles. The first kappa shape index (κ1) is 15.6. The molecule has 0 heterocycles. The molecule has 0 radical (unpaired) electrons. The van der Waals surface area contributed by atoms with Crippen molar-refractivity contribution in [3.8, 4) is 11.1 Å². The maximum absolute atomic E-state index is 13.5. The summed E-state index contributed by atoms with van der Waals surface area (Å²) in [6.07, 6.45) is 0.377. The summed E-state index contributed by atoms with van der Waals surface area (Å²) in [5.74, 6) is -2.57. The van der Waals surface area contributed by atoms with E-state index in [1.165, 1.54) is 12.1 Å². The van der Waals surface area contributed by atoms with Crippen molar-refractivity contribution in [1.29, 1.82) is 0 Å². The second kappa shape index (κ2) is 5.90. The minimum Gasteiger partial charge on any atom is -0.478 e. The van der Waals surface area contributed by atoms with Gasteiger partial charge in [-0.05, 0) is 23.8 Å². The Hall–Kier alpha value is -2.80. The summed E-state index contributed by atoms with van der Waals surface area (Å²) in [4.78, 5) is 32.2. The molecule has 0 atom stereocenters. The molecule has 0 aliphatic heterocycles. The number of carboxylic acids is 1. The lowest BCUT2D eigenvalue weighted by atomic mass is 9.97. The number of nitro groups is 1. The average molecular weight is 324 g/mol. The lowest BCUT2D eigenvalue weighted by Crippen LogP contribution is -2.03. The topological polar surface area (TPSA) is 97.5 Å². The van der Waals surface area contributed by atoms with Gasteiger partial charge in [0.2, 0.25) is 0 Å². The lowest BCUT2D eigenvalue weighted by molar-refractivity contribution is -0.384. The Morgan fingerprint density at radius 1 is 1.27 bits per heavy atom. The minimum absolute atomic E-state index is 0.0564. The highest BCUT2D eigenvalue weighted by Gasteiger charge is 2.21. The summed E-state index contributed by atoms with van der Waals surface area (Å²) in [6, 6.07) is 5.54. The van der Waals surface area contributed by atoms with Gasteiger partial charge in [0.05, 0.1) is 9.95 Å². The Balaban J connectivity index is 2.72. The summed E-state index contributed by atoms with van der Waals surface area (Å²) in [7, 11) is 0. The number of hydrogen-bond donors (Lipinski definition) is 1. The number of benzene rings is 2. The average Bonchev–Trinajstić information content (AvgIpc) is 2.46.